The standard InChI is InChI=1S/C13H20N2O3S2/c1-20(17,18)15-6-2-4-10(9-15)8-11(16)13(14)12-5-3-7-19-12/h3,5,7,10,13H,2,4,6,8-9,14H2,1H3. The summed E-state index contributed by atoms with van der Waals surface area (Å²) in [5.41, 5.74) is 5.95. The van der Waals surface area contributed by atoms with Crippen LogP contribution in [-0.4, -0.2) is 37.9 Å². The van der Waals surface area contributed by atoms with E-state index in [2.05, 4.69) is 0 Å². The minimum Gasteiger partial charge on any atom is -0.317 e. The summed E-state index contributed by atoms with van der Waals surface area (Å²) < 4.78 is 24.6. The molecule has 1 saturated heterocycles. The van der Waals surface area contributed by atoms with Crippen molar-refractivity contribution in [2.75, 3.05) is 19.3 Å². The van der Waals surface area contributed by atoms with E-state index < -0.39 is 16.1 Å². The Bertz CT molecular complexity index is 554. The summed E-state index contributed by atoms with van der Waals surface area (Å²) in [7, 11) is -3.17. The summed E-state index contributed by atoms with van der Waals surface area (Å²) in [5, 5.41) is 1.90. The molecule has 0 saturated carbocycles. The summed E-state index contributed by atoms with van der Waals surface area (Å²) in [6.07, 6.45) is 3.26. The number of hydrogen-bond acceptors (Lipinski definition) is 5. The van der Waals surface area contributed by atoms with Gasteiger partial charge in [-0.2, -0.15) is 0 Å². The third kappa shape index (κ3) is 3.88. The summed E-state index contributed by atoms with van der Waals surface area (Å²) in [6.45, 7) is 0.988. The quantitative estimate of drug-likeness (QED) is 0.890. The van der Waals surface area contributed by atoms with Crippen LogP contribution in [0.2, 0.25) is 0 Å². The number of hydrogen-bond donors (Lipinski definition) is 1. The Morgan fingerprint density at radius 3 is 2.95 bits per heavy atom. The molecular weight excluding hydrogens is 296 g/mol. The fourth-order valence-electron chi connectivity index (χ4n) is 2.53. The third-order valence-electron chi connectivity index (χ3n) is 3.64. The van der Waals surface area contributed by atoms with E-state index in [1.54, 1.807) is 0 Å². The molecule has 1 aromatic heterocycles. The van der Waals surface area contributed by atoms with E-state index in [0.29, 0.717) is 19.5 Å². The Morgan fingerprint density at radius 2 is 2.35 bits per heavy atom. The smallest absolute Gasteiger partial charge is 0.211 e. The van der Waals surface area contributed by atoms with Crippen molar-refractivity contribution < 1.29 is 13.2 Å². The van der Waals surface area contributed by atoms with E-state index in [1.807, 2.05) is 17.5 Å². The van der Waals surface area contributed by atoms with Crippen molar-refractivity contribution in [2.24, 2.45) is 11.7 Å². The molecule has 2 rings (SSSR count). The van der Waals surface area contributed by atoms with Gasteiger partial charge in [-0.05, 0) is 30.2 Å². The van der Waals surface area contributed by atoms with Crippen LogP contribution in [0.1, 0.15) is 30.2 Å². The van der Waals surface area contributed by atoms with E-state index >= 15 is 0 Å². The van der Waals surface area contributed by atoms with Crippen LogP contribution >= 0.6 is 11.3 Å². The van der Waals surface area contributed by atoms with Gasteiger partial charge in [-0.15, -0.1) is 11.3 Å². The maximum absolute atomic E-state index is 12.2. The highest BCUT2D eigenvalue weighted by molar-refractivity contribution is 7.88. The molecule has 1 aliphatic rings. The summed E-state index contributed by atoms with van der Waals surface area (Å²) >= 11 is 1.47. The van der Waals surface area contributed by atoms with Gasteiger partial charge in [-0.1, -0.05) is 6.07 Å². The second-order valence-corrected chi connectivity index (χ2v) is 8.25. The molecule has 0 bridgehead atoms. The molecule has 112 valence electrons. The van der Waals surface area contributed by atoms with Crippen LogP contribution in [0.4, 0.5) is 0 Å². The number of nitrogens with two attached hydrogens (primary N) is 1. The number of ketones is 1. The molecule has 0 amide bonds. The summed E-state index contributed by atoms with van der Waals surface area (Å²) in [4.78, 5) is 13.0. The molecule has 20 heavy (non-hydrogen) atoms. The van der Waals surface area contributed by atoms with E-state index in [9.17, 15) is 13.2 Å². The number of sulfonamides is 1. The largest absolute Gasteiger partial charge is 0.317 e. The molecule has 2 N–H and O–H groups in total. The molecule has 2 unspecified atom stereocenters. The molecule has 7 heteroatoms. The van der Waals surface area contributed by atoms with Crippen molar-refractivity contribution >= 4 is 27.1 Å². The SMILES string of the molecule is CS(=O)(=O)N1CCCC(CC(=O)C(N)c2cccs2)C1. The summed E-state index contributed by atoms with van der Waals surface area (Å²) in [5.74, 6) is 0.0739. The number of piperidine rings is 1. The van der Waals surface area contributed by atoms with Crippen LogP contribution in [0.25, 0.3) is 0 Å². The lowest BCUT2D eigenvalue weighted by atomic mass is 9.92. The van der Waals surface area contributed by atoms with Crippen LogP contribution in [0.15, 0.2) is 17.5 Å². The van der Waals surface area contributed by atoms with Crippen molar-refractivity contribution in [3.8, 4) is 0 Å². The second kappa shape index (κ2) is 6.34. The number of thiophene rings is 1. The first-order chi connectivity index (χ1) is 9.38. The van der Waals surface area contributed by atoms with Gasteiger partial charge in [0.15, 0.2) is 5.78 Å². The first-order valence-electron chi connectivity index (χ1n) is 6.64. The van der Waals surface area contributed by atoms with Gasteiger partial charge in [0.25, 0.3) is 0 Å². The molecule has 2 atom stereocenters. The molecular formula is C13H20N2O3S2. The molecule has 1 aliphatic heterocycles. The Hall–Kier alpha value is -0.760. The van der Waals surface area contributed by atoms with Gasteiger partial charge in [0.2, 0.25) is 10.0 Å². The van der Waals surface area contributed by atoms with Crippen molar-refractivity contribution in [1.29, 1.82) is 0 Å². The average molecular weight is 316 g/mol. The lowest BCUT2D eigenvalue weighted by molar-refractivity contribution is -0.121. The monoisotopic (exact) mass is 316 g/mol. The number of carbonyl (C=O) groups is 1. The zero-order chi connectivity index (χ0) is 14.8. The topological polar surface area (TPSA) is 80.5 Å². The van der Waals surface area contributed by atoms with Crippen molar-refractivity contribution in [2.45, 2.75) is 25.3 Å². The van der Waals surface area contributed by atoms with Gasteiger partial charge in [-0.3, -0.25) is 4.79 Å². The van der Waals surface area contributed by atoms with Crippen molar-refractivity contribution in [1.82, 2.24) is 4.31 Å². The Kier molecular flexibility index (Phi) is 4.95. The van der Waals surface area contributed by atoms with Gasteiger partial charge < -0.3 is 5.73 Å². The molecule has 0 aliphatic carbocycles. The highest BCUT2D eigenvalue weighted by Crippen LogP contribution is 2.25. The molecule has 5 nitrogen and oxygen atoms in total. The summed E-state index contributed by atoms with van der Waals surface area (Å²) in [6, 6.07) is 3.15. The minimum atomic E-state index is -3.17. The maximum Gasteiger partial charge on any atom is 0.211 e. The average Bonchev–Trinajstić information content (AvgIpc) is 2.91. The zero-order valence-corrected chi connectivity index (χ0v) is 13.1. The van der Waals surface area contributed by atoms with Gasteiger partial charge in [0, 0.05) is 24.4 Å². The first kappa shape index (κ1) is 15.6. The van der Waals surface area contributed by atoms with Gasteiger partial charge >= 0.3 is 0 Å². The van der Waals surface area contributed by atoms with E-state index in [-0.39, 0.29) is 11.7 Å². The Morgan fingerprint density at radius 1 is 1.60 bits per heavy atom. The van der Waals surface area contributed by atoms with Crippen LogP contribution in [-0.2, 0) is 14.8 Å². The lowest BCUT2D eigenvalue weighted by Crippen LogP contribution is -2.40. The van der Waals surface area contributed by atoms with Gasteiger partial charge in [-0.25, -0.2) is 12.7 Å². The predicted molar refractivity (Wildman–Crippen MR) is 80.0 cm³/mol. The first-order valence-corrected chi connectivity index (χ1v) is 9.37. The number of carbonyl (C=O) groups excluding carboxylic acids is 1. The Balaban J connectivity index is 1.94. The zero-order valence-electron chi connectivity index (χ0n) is 11.5. The van der Waals surface area contributed by atoms with E-state index in [4.69, 9.17) is 5.73 Å². The fourth-order valence-corrected chi connectivity index (χ4v) is 4.22. The van der Waals surface area contributed by atoms with E-state index in [1.165, 1.54) is 21.9 Å². The molecule has 1 aromatic rings. The van der Waals surface area contributed by atoms with Crippen LogP contribution in [0.3, 0.4) is 0 Å². The molecule has 0 aromatic carbocycles. The van der Waals surface area contributed by atoms with Crippen LogP contribution < -0.4 is 5.73 Å². The van der Waals surface area contributed by atoms with E-state index in [0.717, 1.165) is 17.7 Å². The lowest BCUT2D eigenvalue weighted by Gasteiger charge is -2.30. The molecule has 2 heterocycles. The minimum absolute atomic E-state index is 0.00667. The number of nitrogens with zero attached hydrogens (tertiary/aromatic N) is 1. The third-order valence-corrected chi connectivity index (χ3v) is 5.86. The van der Waals surface area contributed by atoms with Gasteiger partial charge in [0.1, 0.15) is 0 Å². The highest BCUT2D eigenvalue weighted by atomic mass is 32.2. The van der Waals surface area contributed by atoms with Crippen molar-refractivity contribution in [3.05, 3.63) is 22.4 Å². The highest BCUT2D eigenvalue weighted by Gasteiger charge is 2.29. The second-order valence-electron chi connectivity index (χ2n) is 5.29. The van der Waals surface area contributed by atoms with Crippen molar-refractivity contribution in [3.63, 3.8) is 0 Å². The Labute approximate surface area is 123 Å². The fraction of sp³-hybridized carbons (Fsp3) is 0.615. The van der Waals surface area contributed by atoms with Crippen LogP contribution in [0.5, 0.6) is 0 Å². The number of Topliss-reactive ketones (excluding diaryl/α,β-unsaturated/α-hetero) is 1. The van der Waals surface area contributed by atoms with Gasteiger partial charge in [0.05, 0.1) is 12.3 Å². The molecule has 0 spiro atoms. The normalized spacial score (nSPS) is 22.6. The molecule has 1 fully saturated rings. The molecule has 0 radical (unpaired) electrons. The predicted octanol–water partition coefficient (Wildman–Crippen LogP) is 1.38. The van der Waals surface area contributed by atoms with Crippen LogP contribution in [0, 0.1) is 5.92 Å². The number of rotatable bonds is 5. The maximum atomic E-state index is 12.2.